The summed E-state index contributed by atoms with van der Waals surface area (Å²) in [4.78, 5) is 17.0. The number of anilines is 1. The molecule has 4 aliphatic carbocycles. The van der Waals surface area contributed by atoms with Gasteiger partial charge in [-0.05, 0) is 50.4 Å². The van der Waals surface area contributed by atoms with Crippen LogP contribution in [0.15, 0.2) is 0 Å². The van der Waals surface area contributed by atoms with Gasteiger partial charge < -0.3 is 14.9 Å². The highest BCUT2D eigenvalue weighted by atomic mass is 32.1. The van der Waals surface area contributed by atoms with Crippen LogP contribution in [0.3, 0.4) is 0 Å². The molecule has 1 aromatic rings. The molecule has 1 aromatic heterocycles. The summed E-state index contributed by atoms with van der Waals surface area (Å²) in [5.74, 6) is 1.02. The molecule has 1 saturated heterocycles. The third-order valence-electron chi connectivity index (χ3n) is 6.98. The van der Waals surface area contributed by atoms with E-state index in [4.69, 9.17) is 0 Å². The van der Waals surface area contributed by atoms with Gasteiger partial charge in [-0.25, -0.2) is 0 Å². The minimum absolute atomic E-state index is 0.132. The third kappa shape index (κ3) is 2.99. The van der Waals surface area contributed by atoms with Gasteiger partial charge in [0, 0.05) is 26.2 Å². The second-order valence-electron chi connectivity index (χ2n) is 9.13. The highest BCUT2D eigenvalue weighted by Crippen LogP contribution is 2.62. The molecule has 0 radical (unpaired) electrons. The van der Waals surface area contributed by atoms with E-state index in [1.165, 1.54) is 0 Å². The molecule has 4 saturated carbocycles. The second kappa shape index (κ2) is 6.04. The average molecular weight is 416 g/mol. The van der Waals surface area contributed by atoms with Gasteiger partial charge in [-0.2, -0.15) is 13.2 Å². The van der Waals surface area contributed by atoms with Gasteiger partial charge in [0.2, 0.25) is 16.0 Å². The second-order valence-corrected chi connectivity index (χ2v) is 10.1. The predicted octanol–water partition coefficient (Wildman–Crippen LogP) is 2.54. The summed E-state index contributed by atoms with van der Waals surface area (Å²) in [7, 11) is 0. The van der Waals surface area contributed by atoms with E-state index in [-0.39, 0.29) is 11.0 Å². The summed E-state index contributed by atoms with van der Waals surface area (Å²) in [5, 5.41) is 17.1. The molecule has 5 fully saturated rings. The Morgan fingerprint density at radius 1 is 1.07 bits per heavy atom. The summed E-state index contributed by atoms with van der Waals surface area (Å²) in [6, 6.07) is 0. The fourth-order valence-electron chi connectivity index (χ4n) is 6.36. The Kier molecular flexibility index (Phi) is 4.01. The topological polar surface area (TPSA) is 69.6 Å². The SMILES string of the molecule is O=C(N1CCN(c2nnc(C(F)(F)F)s2)CC1)C12CC3CC(CC(O)(C3)C1)C2. The van der Waals surface area contributed by atoms with E-state index in [0.29, 0.717) is 55.8 Å². The summed E-state index contributed by atoms with van der Waals surface area (Å²) in [5.41, 5.74) is -1.12. The minimum atomic E-state index is -4.48. The van der Waals surface area contributed by atoms with E-state index in [0.717, 1.165) is 32.1 Å². The van der Waals surface area contributed by atoms with Crippen LogP contribution in [0.5, 0.6) is 0 Å². The van der Waals surface area contributed by atoms with Crippen molar-refractivity contribution in [1.29, 1.82) is 0 Å². The molecule has 10 heteroatoms. The van der Waals surface area contributed by atoms with E-state index in [9.17, 15) is 23.1 Å². The van der Waals surface area contributed by atoms with Crippen molar-refractivity contribution in [2.75, 3.05) is 31.1 Å². The number of amides is 1. The Bertz CT molecular complexity index is 776. The Hall–Kier alpha value is -1.42. The number of alkyl halides is 3. The number of aliphatic hydroxyl groups is 1. The van der Waals surface area contributed by atoms with Crippen LogP contribution in [0.4, 0.5) is 18.3 Å². The number of rotatable bonds is 2. The van der Waals surface area contributed by atoms with E-state index >= 15 is 0 Å². The van der Waals surface area contributed by atoms with Gasteiger partial charge in [0.05, 0.1) is 11.0 Å². The Labute approximate surface area is 164 Å². The van der Waals surface area contributed by atoms with Crippen molar-refractivity contribution < 1.29 is 23.1 Å². The monoisotopic (exact) mass is 416 g/mol. The number of carbonyl (C=O) groups excluding carboxylic acids is 1. The molecule has 5 aliphatic rings. The Morgan fingerprint density at radius 3 is 2.25 bits per heavy atom. The van der Waals surface area contributed by atoms with Crippen LogP contribution in [-0.4, -0.2) is 57.9 Å². The molecular formula is C18H23F3N4O2S. The first kappa shape index (κ1) is 18.6. The lowest BCUT2D eigenvalue weighted by molar-refractivity contribution is -0.186. The molecule has 1 N–H and O–H groups in total. The smallest absolute Gasteiger partial charge is 0.390 e. The number of hydrogen-bond donors (Lipinski definition) is 1. The van der Waals surface area contributed by atoms with Crippen LogP contribution in [0.2, 0.25) is 0 Å². The quantitative estimate of drug-likeness (QED) is 0.803. The zero-order valence-electron chi connectivity index (χ0n) is 15.4. The molecule has 1 aliphatic heterocycles. The normalized spacial score (nSPS) is 37.6. The van der Waals surface area contributed by atoms with Crippen LogP contribution in [0, 0.1) is 17.3 Å². The van der Waals surface area contributed by atoms with Crippen molar-refractivity contribution in [3.8, 4) is 0 Å². The van der Waals surface area contributed by atoms with Gasteiger partial charge in [0.1, 0.15) is 0 Å². The fourth-order valence-corrected chi connectivity index (χ4v) is 7.12. The van der Waals surface area contributed by atoms with Crippen molar-refractivity contribution in [3.63, 3.8) is 0 Å². The van der Waals surface area contributed by atoms with Crippen LogP contribution in [0.1, 0.15) is 43.5 Å². The first-order chi connectivity index (χ1) is 13.2. The number of aromatic nitrogens is 2. The molecule has 6 rings (SSSR count). The van der Waals surface area contributed by atoms with Gasteiger partial charge >= 0.3 is 6.18 Å². The fraction of sp³-hybridized carbons (Fsp3) is 0.833. The summed E-state index contributed by atoms with van der Waals surface area (Å²) in [6.07, 6.45) is 0.607. The Morgan fingerprint density at radius 2 is 1.71 bits per heavy atom. The highest BCUT2D eigenvalue weighted by molar-refractivity contribution is 7.15. The molecule has 0 aromatic carbocycles. The molecule has 154 valence electrons. The first-order valence-electron chi connectivity index (χ1n) is 9.83. The van der Waals surface area contributed by atoms with Gasteiger partial charge in [0.25, 0.3) is 0 Å². The van der Waals surface area contributed by atoms with Crippen LogP contribution in [0.25, 0.3) is 0 Å². The average Bonchev–Trinajstić information content (AvgIpc) is 3.09. The van der Waals surface area contributed by atoms with Gasteiger partial charge in [-0.1, -0.05) is 11.3 Å². The molecular weight excluding hydrogens is 393 g/mol. The maximum Gasteiger partial charge on any atom is 0.445 e. The number of hydrogen-bond acceptors (Lipinski definition) is 6. The lowest BCUT2D eigenvalue weighted by Crippen LogP contribution is -2.62. The number of nitrogens with zero attached hydrogens (tertiary/aromatic N) is 4. The standard InChI is InChI=1S/C18H23F3N4O2S/c19-18(20,21)13-22-23-15(28-13)25-3-1-24(2-4-25)14(26)16-6-11-5-12(7-16)9-17(27,8-11)10-16/h11-12,27H,1-10H2. The van der Waals surface area contributed by atoms with Gasteiger partial charge in [-0.3, -0.25) is 4.79 Å². The lowest BCUT2D eigenvalue weighted by atomic mass is 9.47. The van der Waals surface area contributed by atoms with Crippen molar-refractivity contribution >= 4 is 22.4 Å². The predicted molar refractivity (Wildman–Crippen MR) is 95.8 cm³/mol. The zero-order valence-corrected chi connectivity index (χ0v) is 16.2. The molecule has 6 nitrogen and oxygen atoms in total. The van der Waals surface area contributed by atoms with Crippen molar-refractivity contribution in [2.45, 2.75) is 50.3 Å². The summed E-state index contributed by atoms with van der Waals surface area (Å²) < 4.78 is 38.2. The maximum absolute atomic E-state index is 13.4. The van der Waals surface area contributed by atoms with Crippen molar-refractivity contribution in [2.24, 2.45) is 17.3 Å². The molecule has 28 heavy (non-hydrogen) atoms. The molecule has 0 spiro atoms. The Balaban J connectivity index is 1.26. The summed E-state index contributed by atoms with van der Waals surface area (Å²) >= 11 is 0.545. The van der Waals surface area contributed by atoms with E-state index in [1.54, 1.807) is 4.90 Å². The highest BCUT2D eigenvalue weighted by Gasteiger charge is 2.60. The molecule has 2 heterocycles. The molecule has 4 bridgehead atoms. The maximum atomic E-state index is 13.4. The zero-order chi connectivity index (χ0) is 19.7. The van der Waals surface area contributed by atoms with Crippen molar-refractivity contribution in [1.82, 2.24) is 15.1 Å². The number of piperazine rings is 1. The van der Waals surface area contributed by atoms with Crippen LogP contribution < -0.4 is 4.90 Å². The minimum Gasteiger partial charge on any atom is -0.390 e. The van der Waals surface area contributed by atoms with E-state index < -0.39 is 22.2 Å². The molecule has 2 atom stereocenters. The van der Waals surface area contributed by atoms with Gasteiger partial charge in [-0.15, -0.1) is 10.2 Å². The number of carbonyl (C=O) groups is 1. The van der Waals surface area contributed by atoms with E-state index in [1.807, 2.05) is 4.90 Å². The largest absolute Gasteiger partial charge is 0.445 e. The molecule has 1 amide bonds. The third-order valence-corrected chi connectivity index (χ3v) is 8.01. The lowest BCUT2D eigenvalue weighted by Gasteiger charge is -2.60. The molecule has 2 unspecified atom stereocenters. The van der Waals surface area contributed by atoms with E-state index in [2.05, 4.69) is 10.2 Å². The first-order valence-corrected chi connectivity index (χ1v) is 10.6. The van der Waals surface area contributed by atoms with Crippen LogP contribution >= 0.6 is 11.3 Å². The van der Waals surface area contributed by atoms with Gasteiger partial charge in [0.15, 0.2) is 0 Å². The summed E-state index contributed by atoms with van der Waals surface area (Å²) in [6.45, 7) is 1.83. The van der Waals surface area contributed by atoms with Crippen LogP contribution in [-0.2, 0) is 11.0 Å². The van der Waals surface area contributed by atoms with Crippen molar-refractivity contribution in [3.05, 3.63) is 5.01 Å². The number of halogens is 3.